The topological polar surface area (TPSA) is 64.3 Å². The van der Waals surface area contributed by atoms with Gasteiger partial charge in [-0.1, -0.05) is 37.0 Å². The Morgan fingerprint density at radius 2 is 2.00 bits per heavy atom. The Labute approximate surface area is 139 Å². The molecule has 1 amide bonds. The molecular formula is C17H27ClN2O2. The molecule has 0 saturated heterocycles. The number of amides is 1. The van der Waals surface area contributed by atoms with Crippen LogP contribution in [0.4, 0.5) is 0 Å². The van der Waals surface area contributed by atoms with E-state index in [-0.39, 0.29) is 18.3 Å². The fourth-order valence-corrected chi connectivity index (χ4v) is 3.00. The van der Waals surface area contributed by atoms with E-state index in [0.29, 0.717) is 6.54 Å². The quantitative estimate of drug-likeness (QED) is 0.874. The molecule has 5 heteroatoms. The van der Waals surface area contributed by atoms with Crippen molar-refractivity contribution in [3.05, 3.63) is 29.3 Å². The van der Waals surface area contributed by atoms with Gasteiger partial charge in [-0.25, -0.2) is 0 Å². The molecule has 1 saturated carbocycles. The monoisotopic (exact) mass is 326 g/mol. The number of methoxy groups -OCH3 is 1. The molecule has 124 valence electrons. The van der Waals surface area contributed by atoms with E-state index in [0.717, 1.165) is 43.4 Å². The van der Waals surface area contributed by atoms with Crippen molar-refractivity contribution in [2.45, 2.75) is 51.0 Å². The average Bonchev–Trinajstić information content (AvgIpc) is 2.48. The molecule has 0 atom stereocenters. The lowest BCUT2D eigenvalue weighted by atomic mass is 9.82. The summed E-state index contributed by atoms with van der Waals surface area (Å²) in [7, 11) is 1.67. The van der Waals surface area contributed by atoms with Gasteiger partial charge >= 0.3 is 0 Å². The second-order valence-corrected chi connectivity index (χ2v) is 6.04. The fourth-order valence-electron chi connectivity index (χ4n) is 3.00. The lowest BCUT2D eigenvalue weighted by molar-refractivity contribution is -0.127. The van der Waals surface area contributed by atoms with Crippen LogP contribution in [-0.2, 0) is 11.2 Å². The predicted molar refractivity (Wildman–Crippen MR) is 91.7 cm³/mol. The molecular weight excluding hydrogens is 300 g/mol. The molecule has 0 heterocycles. The Morgan fingerprint density at radius 3 is 2.64 bits per heavy atom. The highest BCUT2D eigenvalue weighted by atomic mass is 35.5. The number of nitrogens with one attached hydrogen (secondary N) is 1. The van der Waals surface area contributed by atoms with Crippen molar-refractivity contribution in [3.63, 3.8) is 0 Å². The minimum Gasteiger partial charge on any atom is -0.496 e. The maximum Gasteiger partial charge on any atom is 0.240 e. The largest absolute Gasteiger partial charge is 0.496 e. The predicted octanol–water partition coefficient (Wildman–Crippen LogP) is 2.75. The highest BCUT2D eigenvalue weighted by molar-refractivity contribution is 5.86. The van der Waals surface area contributed by atoms with E-state index in [1.165, 1.54) is 12.0 Å². The first-order chi connectivity index (χ1) is 10.0. The second kappa shape index (κ2) is 8.39. The minimum atomic E-state index is -0.658. The van der Waals surface area contributed by atoms with Gasteiger partial charge in [0.05, 0.1) is 12.6 Å². The standard InChI is InChI=1S/C17H26N2O2.ClH/c1-13-6-7-15(21-2)14(12-13)8-11-19-16(20)17(18)9-4-3-5-10-17;/h6-7,12H,3-5,8-11,18H2,1-2H3,(H,19,20);1H. The minimum absolute atomic E-state index is 0. The summed E-state index contributed by atoms with van der Waals surface area (Å²) >= 11 is 0. The van der Waals surface area contributed by atoms with Crippen LogP contribution in [0.1, 0.15) is 43.2 Å². The van der Waals surface area contributed by atoms with Gasteiger partial charge in [0.25, 0.3) is 0 Å². The first-order valence-electron chi connectivity index (χ1n) is 7.76. The van der Waals surface area contributed by atoms with Gasteiger partial charge in [0.2, 0.25) is 5.91 Å². The Kier molecular flexibility index (Phi) is 7.17. The van der Waals surface area contributed by atoms with Gasteiger partial charge in [-0.05, 0) is 37.8 Å². The molecule has 0 aliphatic heterocycles. The van der Waals surface area contributed by atoms with Crippen LogP contribution in [-0.4, -0.2) is 25.1 Å². The second-order valence-electron chi connectivity index (χ2n) is 6.04. The van der Waals surface area contributed by atoms with Crippen LogP contribution in [0.25, 0.3) is 0 Å². The molecule has 4 nitrogen and oxygen atoms in total. The van der Waals surface area contributed by atoms with Crippen molar-refractivity contribution >= 4 is 18.3 Å². The summed E-state index contributed by atoms with van der Waals surface area (Å²) in [6.07, 6.45) is 5.64. The molecule has 0 unspecified atom stereocenters. The summed E-state index contributed by atoms with van der Waals surface area (Å²) in [6.45, 7) is 2.65. The Hall–Kier alpha value is -1.26. The first kappa shape index (κ1) is 18.8. The van der Waals surface area contributed by atoms with Crippen LogP contribution in [0.15, 0.2) is 18.2 Å². The van der Waals surface area contributed by atoms with Gasteiger partial charge in [0.15, 0.2) is 0 Å². The third-order valence-corrected chi connectivity index (χ3v) is 4.31. The smallest absolute Gasteiger partial charge is 0.240 e. The van der Waals surface area contributed by atoms with Gasteiger partial charge in [-0.15, -0.1) is 12.4 Å². The molecule has 0 spiro atoms. The van der Waals surface area contributed by atoms with Crippen LogP contribution < -0.4 is 15.8 Å². The number of hydrogen-bond acceptors (Lipinski definition) is 3. The molecule has 1 fully saturated rings. The molecule has 2 rings (SSSR count). The van der Waals surface area contributed by atoms with Crippen LogP contribution in [0.2, 0.25) is 0 Å². The first-order valence-corrected chi connectivity index (χ1v) is 7.76. The molecule has 1 aliphatic rings. The molecule has 0 bridgehead atoms. The maximum atomic E-state index is 12.3. The Bertz CT molecular complexity index is 499. The highest BCUT2D eigenvalue weighted by Gasteiger charge is 2.34. The summed E-state index contributed by atoms with van der Waals surface area (Å²) in [5.41, 5.74) is 7.88. The van der Waals surface area contributed by atoms with Gasteiger partial charge in [0.1, 0.15) is 5.75 Å². The van der Waals surface area contributed by atoms with Gasteiger partial charge in [0, 0.05) is 6.54 Å². The number of carbonyl (C=O) groups excluding carboxylic acids is 1. The lowest BCUT2D eigenvalue weighted by Gasteiger charge is -2.31. The van der Waals surface area contributed by atoms with Crippen molar-refractivity contribution in [2.24, 2.45) is 5.73 Å². The van der Waals surface area contributed by atoms with Gasteiger partial charge in [-0.2, -0.15) is 0 Å². The third-order valence-electron chi connectivity index (χ3n) is 4.31. The van der Waals surface area contributed by atoms with Crippen LogP contribution in [0, 0.1) is 6.92 Å². The van der Waals surface area contributed by atoms with Crippen molar-refractivity contribution in [3.8, 4) is 5.75 Å². The zero-order chi connectivity index (χ0) is 15.3. The van der Waals surface area contributed by atoms with E-state index in [4.69, 9.17) is 10.5 Å². The van der Waals surface area contributed by atoms with Crippen LogP contribution in [0.3, 0.4) is 0 Å². The van der Waals surface area contributed by atoms with Crippen molar-refractivity contribution in [1.29, 1.82) is 0 Å². The third kappa shape index (κ3) is 4.62. The number of ether oxygens (including phenoxy) is 1. The fraction of sp³-hybridized carbons (Fsp3) is 0.588. The number of nitrogens with two attached hydrogens (primary N) is 1. The lowest BCUT2D eigenvalue weighted by Crippen LogP contribution is -2.55. The summed E-state index contributed by atoms with van der Waals surface area (Å²) in [5.74, 6) is 0.865. The normalized spacial score (nSPS) is 16.5. The molecule has 0 aromatic heterocycles. The van der Waals surface area contributed by atoms with Gasteiger partial charge in [-0.3, -0.25) is 4.79 Å². The summed E-state index contributed by atoms with van der Waals surface area (Å²) in [4.78, 5) is 12.3. The van der Waals surface area contributed by atoms with Crippen molar-refractivity contribution in [2.75, 3.05) is 13.7 Å². The number of halogens is 1. The number of rotatable bonds is 5. The molecule has 22 heavy (non-hydrogen) atoms. The van der Waals surface area contributed by atoms with E-state index in [2.05, 4.69) is 18.3 Å². The molecule has 3 N–H and O–H groups in total. The van der Waals surface area contributed by atoms with E-state index >= 15 is 0 Å². The van der Waals surface area contributed by atoms with E-state index < -0.39 is 5.54 Å². The summed E-state index contributed by atoms with van der Waals surface area (Å²) in [6, 6.07) is 6.10. The Morgan fingerprint density at radius 1 is 1.32 bits per heavy atom. The van der Waals surface area contributed by atoms with E-state index in [1.54, 1.807) is 7.11 Å². The number of carbonyl (C=O) groups is 1. The SMILES string of the molecule is COc1ccc(C)cc1CCNC(=O)C1(N)CCCCC1.Cl. The summed E-state index contributed by atoms with van der Waals surface area (Å²) < 4.78 is 5.36. The molecule has 0 radical (unpaired) electrons. The van der Waals surface area contributed by atoms with Crippen molar-refractivity contribution in [1.82, 2.24) is 5.32 Å². The van der Waals surface area contributed by atoms with Crippen LogP contribution >= 0.6 is 12.4 Å². The average molecular weight is 327 g/mol. The zero-order valence-electron chi connectivity index (χ0n) is 13.5. The van der Waals surface area contributed by atoms with Crippen molar-refractivity contribution < 1.29 is 9.53 Å². The summed E-state index contributed by atoms with van der Waals surface area (Å²) in [5, 5.41) is 2.99. The van der Waals surface area contributed by atoms with Gasteiger partial charge < -0.3 is 15.8 Å². The van der Waals surface area contributed by atoms with E-state index in [9.17, 15) is 4.79 Å². The molecule has 1 aliphatic carbocycles. The maximum absolute atomic E-state index is 12.3. The number of hydrogen-bond donors (Lipinski definition) is 2. The van der Waals surface area contributed by atoms with E-state index in [1.807, 2.05) is 12.1 Å². The molecule has 1 aromatic rings. The highest BCUT2D eigenvalue weighted by Crippen LogP contribution is 2.26. The zero-order valence-corrected chi connectivity index (χ0v) is 14.3. The number of aryl methyl sites for hydroxylation is 1. The molecule has 1 aromatic carbocycles. The van der Waals surface area contributed by atoms with Crippen LogP contribution in [0.5, 0.6) is 5.75 Å². The Balaban J connectivity index is 0.00000242. The number of benzene rings is 1.